The third-order valence-corrected chi connectivity index (χ3v) is 5.01. The lowest BCUT2D eigenvalue weighted by molar-refractivity contribution is -0.119. The van der Waals surface area contributed by atoms with Gasteiger partial charge < -0.3 is 10.1 Å². The quantitative estimate of drug-likeness (QED) is 0.586. The second kappa shape index (κ2) is 8.85. The molecule has 0 spiro atoms. The lowest BCUT2D eigenvalue weighted by Gasteiger charge is -2.09. The molecular weight excluding hydrogens is 411 g/mol. The van der Waals surface area contributed by atoms with Crippen LogP contribution in [-0.4, -0.2) is 26.9 Å². The van der Waals surface area contributed by atoms with Gasteiger partial charge in [0.1, 0.15) is 5.82 Å². The topological polar surface area (TPSA) is 116 Å². The number of nitrogens with one attached hydrogen (secondary N) is 1. The van der Waals surface area contributed by atoms with E-state index in [1.165, 1.54) is 0 Å². The molecule has 3 aromatic carbocycles. The lowest BCUT2D eigenvalue weighted by atomic mass is 10.1. The van der Waals surface area contributed by atoms with E-state index in [-0.39, 0.29) is 0 Å². The number of anilines is 1. The normalized spacial score (nSPS) is 11.0. The van der Waals surface area contributed by atoms with Gasteiger partial charge in [-0.15, -0.1) is 0 Å². The summed E-state index contributed by atoms with van der Waals surface area (Å²) in [6, 6.07) is 19.2. The van der Waals surface area contributed by atoms with Crippen molar-refractivity contribution in [1.82, 2.24) is 0 Å². The van der Waals surface area contributed by atoms with Gasteiger partial charge >= 0.3 is 5.97 Å². The smallest absolute Gasteiger partial charge is 0.341 e. The first-order chi connectivity index (χ1) is 14.2. The van der Waals surface area contributed by atoms with Gasteiger partial charge in [0.15, 0.2) is 6.61 Å². The maximum absolute atomic E-state index is 13.8. The van der Waals surface area contributed by atoms with Gasteiger partial charge in [-0.2, -0.15) is 0 Å². The van der Waals surface area contributed by atoms with E-state index in [0.717, 1.165) is 29.3 Å². The number of hydrogen-bond donors (Lipinski definition) is 2. The zero-order valence-corrected chi connectivity index (χ0v) is 16.4. The number of hydrogen-bond acceptors (Lipinski definition) is 5. The summed E-state index contributed by atoms with van der Waals surface area (Å²) in [4.78, 5) is 23.6. The Morgan fingerprint density at radius 1 is 0.933 bits per heavy atom. The zero-order chi connectivity index (χ0) is 21.7. The van der Waals surface area contributed by atoms with E-state index in [4.69, 9.17) is 9.88 Å². The molecule has 3 rings (SSSR count). The Morgan fingerprint density at radius 3 is 2.20 bits per heavy atom. The molecule has 0 saturated heterocycles. The molecule has 0 saturated carbocycles. The van der Waals surface area contributed by atoms with Gasteiger partial charge in [0.2, 0.25) is 10.0 Å². The van der Waals surface area contributed by atoms with Crippen molar-refractivity contribution in [2.75, 3.05) is 11.9 Å². The molecule has 154 valence electrons. The Morgan fingerprint density at radius 2 is 1.57 bits per heavy atom. The predicted molar refractivity (Wildman–Crippen MR) is 109 cm³/mol. The van der Waals surface area contributed by atoms with E-state index in [9.17, 15) is 22.4 Å². The molecule has 3 N–H and O–H groups in total. The molecule has 0 heterocycles. The van der Waals surface area contributed by atoms with E-state index >= 15 is 0 Å². The number of carbonyl (C=O) groups is 2. The van der Waals surface area contributed by atoms with E-state index in [1.807, 2.05) is 42.5 Å². The predicted octanol–water partition coefficient (Wildman–Crippen LogP) is 2.94. The molecule has 0 radical (unpaired) electrons. The van der Waals surface area contributed by atoms with Gasteiger partial charge in [-0.25, -0.2) is 22.7 Å². The van der Waals surface area contributed by atoms with Crippen molar-refractivity contribution in [3.63, 3.8) is 0 Å². The van der Waals surface area contributed by atoms with Gasteiger partial charge in [-0.05, 0) is 41.5 Å². The maximum Gasteiger partial charge on any atom is 0.341 e. The number of nitrogens with two attached hydrogens (primary N) is 1. The van der Waals surface area contributed by atoms with Crippen molar-refractivity contribution in [3.05, 3.63) is 84.2 Å². The molecule has 0 aliphatic heterocycles. The van der Waals surface area contributed by atoms with Gasteiger partial charge in [0, 0.05) is 5.69 Å². The fourth-order valence-electron chi connectivity index (χ4n) is 2.62. The van der Waals surface area contributed by atoms with Crippen molar-refractivity contribution < 1.29 is 27.1 Å². The van der Waals surface area contributed by atoms with Crippen LogP contribution in [-0.2, 0) is 19.6 Å². The molecule has 0 aliphatic carbocycles. The van der Waals surface area contributed by atoms with Crippen molar-refractivity contribution in [1.29, 1.82) is 0 Å². The van der Waals surface area contributed by atoms with Crippen LogP contribution < -0.4 is 10.5 Å². The molecule has 0 aromatic heterocycles. The Bertz CT molecular complexity index is 1180. The summed E-state index contributed by atoms with van der Waals surface area (Å²) in [5.74, 6) is -2.82. The van der Waals surface area contributed by atoms with Crippen LogP contribution in [0.25, 0.3) is 11.1 Å². The van der Waals surface area contributed by atoms with Crippen molar-refractivity contribution in [3.8, 4) is 11.1 Å². The lowest BCUT2D eigenvalue weighted by Crippen LogP contribution is -2.21. The number of primary sulfonamides is 1. The second-order valence-corrected chi connectivity index (χ2v) is 7.82. The molecule has 0 atom stereocenters. The number of carbonyl (C=O) groups excluding carboxylic acids is 2. The first-order valence-electron chi connectivity index (χ1n) is 8.69. The standard InChI is InChI=1S/C21H17FN2O5S/c22-19-11-10-17(30(23,27)28)12-18(19)21(26)29-13-20(25)24-16-8-6-15(7-9-16)14-4-2-1-3-5-14/h1-12H,13H2,(H,24,25)(H2,23,27,28). The van der Waals surface area contributed by atoms with E-state index < -0.39 is 44.8 Å². The number of benzene rings is 3. The van der Waals surface area contributed by atoms with Crippen LogP contribution >= 0.6 is 0 Å². The van der Waals surface area contributed by atoms with Crippen molar-refractivity contribution in [2.45, 2.75) is 4.90 Å². The van der Waals surface area contributed by atoms with Crippen LogP contribution in [0, 0.1) is 5.82 Å². The van der Waals surface area contributed by atoms with Gasteiger partial charge in [-0.3, -0.25) is 4.79 Å². The Kier molecular flexibility index (Phi) is 6.24. The number of amides is 1. The van der Waals surface area contributed by atoms with Crippen molar-refractivity contribution >= 4 is 27.6 Å². The highest BCUT2D eigenvalue weighted by atomic mass is 32.2. The van der Waals surface area contributed by atoms with E-state index in [1.54, 1.807) is 12.1 Å². The number of sulfonamides is 1. The van der Waals surface area contributed by atoms with Gasteiger partial charge in [0.25, 0.3) is 5.91 Å². The molecule has 7 nitrogen and oxygen atoms in total. The van der Waals surface area contributed by atoms with E-state index in [2.05, 4.69) is 5.32 Å². The SMILES string of the molecule is NS(=O)(=O)c1ccc(F)c(C(=O)OCC(=O)Nc2ccc(-c3ccccc3)cc2)c1. The first-order valence-corrected chi connectivity index (χ1v) is 10.2. The zero-order valence-electron chi connectivity index (χ0n) is 15.5. The molecule has 3 aromatic rings. The summed E-state index contributed by atoms with van der Waals surface area (Å²) in [5.41, 5.74) is 1.83. The monoisotopic (exact) mass is 428 g/mol. The van der Waals surface area contributed by atoms with Crippen LogP contribution in [0.4, 0.5) is 10.1 Å². The fourth-order valence-corrected chi connectivity index (χ4v) is 3.16. The summed E-state index contributed by atoms with van der Waals surface area (Å²) in [5, 5.41) is 7.52. The summed E-state index contributed by atoms with van der Waals surface area (Å²) < 4.78 is 41.3. The average Bonchev–Trinajstić information content (AvgIpc) is 2.72. The summed E-state index contributed by atoms with van der Waals surface area (Å²) in [6.45, 7) is -0.682. The van der Waals surface area contributed by atoms with Gasteiger partial charge in [0.05, 0.1) is 10.5 Å². The third-order valence-electron chi connectivity index (χ3n) is 4.10. The Labute approximate surface area is 172 Å². The second-order valence-electron chi connectivity index (χ2n) is 6.25. The minimum absolute atomic E-state index is 0.446. The Hall–Kier alpha value is -3.56. The Balaban J connectivity index is 1.60. The van der Waals surface area contributed by atoms with Crippen LogP contribution in [0.15, 0.2) is 77.7 Å². The highest BCUT2D eigenvalue weighted by Crippen LogP contribution is 2.21. The molecule has 0 bridgehead atoms. The summed E-state index contributed by atoms with van der Waals surface area (Å²) in [7, 11) is -4.12. The number of esters is 1. The minimum Gasteiger partial charge on any atom is -0.452 e. The molecule has 30 heavy (non-hydrogen) atoms. The molecule has 1 amide bonds. The van der Waals surface area contributed by atoms with Crippen molar-refractivity contribution in [2.24, 2.45) is 5.14 Å². The molecule has 0 unspecified atom stereocenters. The molecular formula is C21H17FN2O5S. The van der Waals surface area contributed by atoms with E-state index in [0.29, 0.717) is 5.69 Å². The number of rotatable bonds is 6. The van der Waals surface area contributed by atoms with Crippen LogP contribution in [0.5, 0.6) is 0 Å². The fraction of sp³-hybridized carbons (Fsp3) is 0.0476. The maximum atomic E-state index is 13.8. The summed E-state index contributed by atoms with van der Waals surface area (Å²) in [6.07, 6.45) is 0. The van der Waals surface area contributed by atoms with Crippen LogP contribution in [0.2, 0.25) is 0 Å². The average molecular weight is 428 g/mol. The molecule has 0 aliphatic rings. The highest BCUT2D eigenvalue weighted by Gasteiger charge is 2.19. The first kappa shape index (κ1) is 21.2. The third kappa shape index (κ3) is 5.28. The summed E-state index contributed by atoms with van der Waals surface area (Å²) >= 11 is 0. The molecule has 0 fully saturated rings. The number of ether oxygens (including phenoxy) is 1. The number of halogens is 1. The highest BCUT2D eigenvalue weighted by molar-refractivity contribution is 7.89. The minimum atomic E-state index is -4.12. The van der Waals surface area contributed by atoms with Gasteiger partial charge in [-0.1, -0.05) is 42.5 Å². The van der Waals surface area contributed by atoms with Crippen LogP contribution in [0.3, 0.4) is 0 Å². The van der Waals surface area contributed by atoms with Crippen LogP contribution in [0.1, 0.15) is 10.4 Å². The largest absolute Gasteiger partial charge is 0.452 e. The molecule has 9 heteroatoms.